The van der Waals surface area contributed by atoms with E-state index in [1.54, 1.807) is 12.1 Å². The topological polar surface area (TPSA) is 72.4 Å². The van der Waals surface area contributed by atoms with E-state index in [1.165, 1.54) is 12.8 Å². The first-order chi connectivity index (χ1) is 9.94. The summed E-state index contributed by atoms with van der Waals surface area (Å²) >= 11 is 0. The molecule has 1 saturated heterocycles. The summed E-state index contributed by atoms with van der Waals surface area (Å²) in [6.45, 7) is 7.26. The van der Waals surface area contributed by atoms with E-state index in [0.29, 0.717) is 6.54 Å². The average molecular weight is 291 g/mol. The number of piperidine rings is 1. The molecule has 0 bridgehead atoms. The molecule has 1 aromatic rings. The van der Waals surface area contributed by atoms with Gasteiger partial charge in [-0.3, -0.25) is 15.0 Å². The lowest BCUT2D eigenvalue weighted by atomic mass is 9.87. The minimum absolute atomic E-state index is 0.0731. The Hall–Kier alpha value is -1.46. The van der Waals surface area contributed by atoms with Crippen LogP contribution in [0, 0.1) is 16.0 Å². The number of benzene rings is 1. The molecule has 0 aromatic heterocycles. The number of nitrogens with two attached hydrogens (primary N) is 1. The third-order valence-electron chi connectivity index (χ3n) is 4.72. The van der Waals surface area contributed by atoms with Gasteiger partial charge in [0.15, 0.2) is 0 Å². The highest BCUT2D eigenvalue weighted by atomic mass is 16.6. The van der Waals surface area contributed by atoms with Gasteiger partial charge in [0.05, 0.1) is 4.92 Å². The molecule has 1 aliphatic rings. The van der Waals surface area contributed by atoms with E-state index in [-0.39, 0.29) is 16.1 Å². The Morgan fingerprint density at radius 2 is 1.90 bits per heavy atom. The van der Waals surface area contributed by atoms with Gasteiger partial charge in [-0.1, -0.05) is 19.1 Å². The maximum Gasteiger partial charge on any atom is 0.269 e. The van der Waals surface area contributed by atoms with Crippen molar-refractivity contribution in [3.05, 3.63) is 39.9 Å². The largest absolute Gasteiger partial charge is 0.329 e. The van der Waals surface area contributed by atoms with Gasteiger partial charge in [-0.15, -0.1) is 0 Å². The lowest BCUT2D eigenvalue weighted by Gasteiger charge is -2.44. The summed E-state index contributed by atoms with van der Waals surface area (Å²) in [6.07, 6.45) is 3.27. The Labute approximate surface area is 126 Å². The zero-order valence-electron chi connectivity index (χ0n) is 12.9. The second-order valence-corrected chi connectivity index (χ2v) is 6.47. The summed E-state index contributed by atoms with van der Waals surface area (Å²) in [5, 5.41) is 10.7. The van der Waals surface area contributed by atoms with E-state index in [1.807, 2.05) is 12.1 Å². The van der Waals surface area contributed by atoms with Crippen LogP contribution in [-0.2, 0) is 6.42 Å². The van der Waals surface area contributed by atoms with E-state index in [9.17, 15) is 10.1 Å². The van der Waals surface area contributed by atoms with Crippen LogP contribution in [0.15, 0.2) is 24.3 Å². The molecule has 1 unspecified atom stereocenters. The van der Waals surface area contributed by atoms with Crippen molar-refractivity contribution in [2.45, 2.75) is 38.6 Å². The van der Waals surface area contributed by atoms with Gasteiger partial charge in [-0.2, -0.15) is 0 Å². The van der Waals surface area contributed by atoms with E-state index < -0.39 is 0 Å². The van der Waals surface area contributed by atoms with Crippen molar-refractivity contribution in [2.24, 2.45) is 11.7 Å². The maximum atomic E-state index is 10.7. The zero-order valence-corrected chi connectivity index (χ0v) is 12.9. The minimum atomic E-state index is -0.363. The van der Waals surface area contributed by atoms with Crippen LogP contribution in [0.5, 0.6) is 0 Å². The highest BCUT2D eigenvalue weighted by Gasteiger charge is 2.32. The van der Waals surface area contributed by atoms with Crippen molar-refractivity contribution in [3.8, 4) is 0 Å². The number of rotatable bonds is 5. The first kappa shape index (κ1) is 15.9. The summed E-state index contributed by atoms with van der Waals surface area (Å²) in [5.41, 5.74) is 7.22. The van der Waals surface area contributed by atoms with Gasteiger partial charge in [0.2, 0.25) is 0 Å². The predicted molar refractivity (Wildman–Crippen MR) is 84.2 cm³/mol. The molecule has 1 aliphatic heterocycles. The molecular weight excluding hydrogens is 266 g/mol. The van der Waals surface area contributed by atoms with Crippen LogP contribution < -0.4 is 5.73 Å². The smallest absolute Gasteiger partial charge is 0.269 e. The first-order valence-corrected chi connectivity index (χ1v) is 7.63. The molecule has 21 heavy (non-hydrogen) atoms. The number of non-ortho nitro benzene ring substituents is 1. The molecule has 0 amide bonds. The molecule has 1 atom stereocenters. The summed E-state index contributed by atoms with van der Waals surface area (Å²) in [6, 6.07) is 6.84. The average Bonchev–Trinajstić information content (AvgIpc) is 2.48. The standard InChI is InChI=1S/C16H25N3O2/c1-13-7-9-18(10-8-13)16(2,12-17)11-14-3-5-15(6-4-14)19(20)21/h3-6,13H,7-12,17H2,1-2H3. The highest BCUT2D eigenvalue weighted by molar-refractivity contribution is 5.33. The summed E-state index contributed by atoms with van der Waals surface area (Å²) < 4.78 is 0. The third kappa shape index (κ3) is 3.80. The second-order valence-electron chi connectivity index (χ2n) is 6.47. The van der Waals surface area contributed by atoms with Crippen molar-refractivity contribution in [1.29, 1.82) is 0 Å². The molecule has 0 aliphatic carbocycles. The van der Waals surface area contributed by atoms with Crippen molar-refractivity contribution in [2.75, 3.05) is 19.6 Å². The maximum absolute atomic E-state index is 10.7. The Morgan fingerprint density at radius 1 is 1.33 bits per heavy atom. The molecule has 1 aromatic carbocycles. The molecule has 5 heteroatoms. The lowest BCUT2D eigenvalue weighted by Crippen LogP contribution is -2.55. The SMILES string of the molecule is CC1CCN(C(C)(CN)Cc2ccc([N+](=O)[O-])cc2)CC1. The van der Waals surface area contributed by atoms with E-state index in [0.717, 1.165) is 31.0 Å². The number of nitrogens with zero attached hydrogens (tertiary/aromatic N) is 2. The molecule has 1 heterocycles. The van der Waals surface area contributed by atoms with Crippen LogP contribution in [0.25, 0.3) is 0 Å². The molecule has 0 radical (unpaired) electrons. The van der Waals surface area contributed by atoms with Gasteiger partial charge in [0, 0.05) is 24.2 Å². The fourth-order valence-corrected chi connectivity index (χ4v) is 3.04. The summed E-state index contributed by atoms with van der Waals surface area (Å²) in [4.78, 5) is 12.8. The Morgan fingerprint density at radius 3 is 2.38 bits per heavy atom. The van der Waals surface area contributed by atoms with Gasteiger partial charge < -0.3 is 5.73 Å². The Bertz CT molecular complexity index is 481. The number of hydrogen-bond acceptors (Lipinski definition) is 4. The third-order valence-corrected chi connectivity index (χ3v) is 4.72. The molecule has 1 fully saturated rings. The Balaban J connectivity index is 2.08. The van der Waals surface area contributed by atoms with E-state index in [2.05, 4.69) is 18.7 Å². The van der Waals surface area contributed by atoms with Gasteiger partial charge >= 0.3 is 0 Å². The van der Waals surface area contributed by atoms with Crippen LogP contribution in [-0.4, -0.2) is 35.0 Å². The second kappa shape index (κ2) is 6.54. The van der Waals surface area contributed by atoms with E-state index in [4.69, 9.17) is 5.73 Å². The highest BCUT2D eigenvalue weighted by Crippen LogP contribution is 2.27. The fraction of sp³-hybridized carbons (Fsp3) is 0.625. The van der Waals surface area contributed by atoms with Gasteiger partial charge in [-0.25, -0.2) is 0 Å². The molecule has 2 rings (SSSR count). The van der Waals surface area contributed by atoms with Crippen LogP contribution in [0.2, 0.25) is 0 Å². The Kier molecular flexibility index (Phi) is 4.96. The molecule has 2 N–H and O–H groups in total. The van der Waals surface area contributed by atoms with Crippen LogP contribution in [0.4, 0.5) is 5.69 Å². The van der Waals surface area contributed by atoms with Crippen molar-refractivity contribution in [3.63, 3.8) is 0 Å². The fourth-order valence-electron chi connectivity index (χ4n) is 3.04. The minimum Gasteiger partial charge on any atom is -0.329 e. The molecule has 5 nitrogen and oxygen atoms in total. The quantitative estimate of drug-likeness (QED) is 0.668. The van der Waals surface area contributed by atoms with E-state index >= 15 is 0 Å². The summed E-state index contributed by atoms with van der Waals surface area (Å²) in [5.74, 6) is 0.794. The number of nitro groups is 1. The van der Waals surface area contributed by atoms with Gasteiger partial charge in [-0.05, 0) is 50.8 Å². The van der Waals surface area contributed by atoms with Crippen LogP contribution in [0.1, 0.15) is 32.3 Å². The first-order valence-electron chi connectivity index (χ1n) is 7.63. The number of hydrogen-bond donors (Lipinski definition) is 1. The summed E-state index contributed by atoms with van der Waals surface area (Å²) in [7, 11) is 0. The normalized spacial score (nSPS) is 20.1. The predicted octanol–water partition coefficient (Wildman–Crippen LogP) is 2.59. The molecule has 116 valence electrons. The van der Waals surface area contributed by atoms with Crippen molar-refractivity contribution in [1.82, 2.24) is 4.90 Å². The molecular formula is C16H25N3O2. The van der Waals surface area contributed by atoms with Crippen molar-refractivity contribution < 1.29 is 4.92 Å². The number of nitro benzene ring substituents is 1. The van der Waals surface area contributed by atoms with Crippen LogP contribution in [0.3, 0.4) is 0 Å². The molecule has 0 spiro atoms. The zero-order chi connectivity index (χ0) is 15.5. The van der Waals surface area contributed by atoms with Gasteiger partial charge in [0.25, 0.3) is 5.69 Å². The van der Waals surface area contributed by atoms with Gasteiger partial charge in [0.1, 0.15) is 0 Å². The number of likely N-dealkylation sites (tertiary alicyclic amines) is 1. The van der Waals surface area contributed by atoms with Crippen molar-refractivity contribution >= 4 is 5.69 Å². The van der Waals surface area contributed by atoms with Crippen LogP contribution >= 0.6 is 0 Å². The lowest BCUT2D eigenvalue weighted by molar-refractivity contribution is -0.384. The molecule has 0 saturated carbocycles. The monoisotopic (exact) mass is 291 g/mol.